The smallest absolute Gasteiger partial charge is 0.339 e. The summed E-state index contributed by atoms with van der Waals surface area (Å²) in [6.07, 6.45) is 0.855. The quantitative estimate of drug-likeness (QED) is 0.776. The molecule has 1 saturated heterocycles. The van der Waals surface area contributed by atoms with Gasteiger partial charge in [0, 0.05) is 32.7 Å². The fourth-order valence-electron chi connectivity index (χ4n) is 2.56. The molecule has 0 radical (unpaired) electrons. The van der Waals surface area contributed by atoms with Crippen molar-refractivity contribution in [3.8, 4) is 0 Å². The molecule has 1 fully saturated rings. The number of hydrogen-bond donors (Lipinski definition) is 1. The van der Waals surface area contributed by atoms with E-state index in [1.165, 1.54) is 11.8 Å². The molecule has 0 aromatic carbocycles. The topological polar surface area (TPSA) is 74.2 Å². The van der Waals surface area contributed by atoms with Crippen LogP contribution < -0.4 is 5.69 Å². The summed E-state index contributed by atoms with van der Waals surface area (Å²) < 4.78 is 1.60. The van der Waals surface area contributed by atoms with Crippen LogP contribution in [0, 0.1) is 0 Å². The Hall–Kier alpha value is -1.28. The summed E-state index contributed by atoms with van der Waals surface area (Å²) in [5.74, 6) is 0.124. The Kier molecular flexibility index (Phi) is 6.07. The number of hydrogen-bond acceptors (Lipinski definition) is 5. The molecule has 124 valence electrons. The highest BCUT2D eigenvalue weighted by Crippen LogP contribution is 2.22. The van der Waals surface area contributed by atoms with Crippen molar-refractivity contribution in [2.75, 3.05) is 32.7 Å². The number of rotatable bonds is 6. The highest BCUT2D eigenvalue weighted by Gasteiger charge is 2.26. The molecule has 1 atom stereocenters. The van der Waals surface area contributed by atoms with E-state index in [0.29, 0.717) is 11.7 Å². The van der Waals surface area contributed by atoms with Gasteiger partial charge in [-0.2, -0.15) is 0 Å². The summed E-state index contributed by atoms with van der Waals surface area (Å²) in [4.78, 5) is 28.5. The number of carbonyl (C=O) groups excluding carboxylic acids is 1. The average Bonchev–Trinajstić information content (AvgIpc) is 2.88. The van der Waals surface area contributed by atoms with Crippen LogP contribution in [0.5, 0.6) is 0 Å². The molecule has 1 amide bonds. The van der Waals surface area contributed by atoms with Gasteiger partial charge in [0.05, 0.1) is 5.25 Å². The van der Waals surface area contributed by atoms with Crippen LogP contribution >= 0.6 is 11.8 Å². The summed E-state index contributed by atoms with van der Waals surface area (Å²) in [7, 11) is 0. The molecule has 1 aromatic heterocycles. The van der Waals surface area contributed by atoms with Gasteiger partial charge in [0.15, 0.2) is 5.16 Å². The molecule has 1 N–H and O–H groups in total. The summed E-state index contributed by atoms with van der Waals surface area (Å²) >= 11 is 1.36. The normalized spacial score (nSPS) is 17.7. The van der Waals surface area contributed by atoms with Gasteiger partial charge in [-0.3, -0.25) is 9.36 Å². The number of amides is 1. The SMILES string of the molecule is CCCn1c(S[C@@H](C)C(=O)N2CCN(CC)CC2)n[nH]c1=O. The first kappa shape index (κ1) is 17.1. The Labute approximate surface area is 135 Å². The van der Waals surface area contributed by atoms with Crippen molar-refractivity contribution in [3.05, 3.63) is 10.5 Å². The standard InChI is InChI=1S/C14H25N5O2S/c1-4-6-19-13(21)15-16-14(19)22-11(3)12(20)18-9-7-17(5-2)8-10-18/h11H,4-10H2,1-3H3,(H,15,21)/t11-/m0/s1. The molecule has 1 aliphatic heterocycles. The van der Waals surface area contributed by atoms with Gasteiger partial charge >= 0.3 is 5.69 Å². The summed E-state index contributed by atoms with van der Waals surface area (Å²) in [6, 6.07) is 0. The lowest BCUT2D eigenvalue weighted by Gasteiger charge is -2.35. The van der Waals surface area contributed by atoms with Gasteiger partial charge in [-0.25, -0.2) is 9.89 Å². The molecular formula is C14H25N5O2S. The lowest BCUT2D eigenvalue weighted by atomic mass is 10.3. The van der Waals surface area contributed by atoms with E-state index >= 15 is 0 Å². The van der Waals surface area contributed by atoms with Crippen LogP contribution in [-0.2, 0) is 11.3 Å². The van der Waals surface area contributed by atoms with Crippen LogP contribution in [0.3, 0.4) is 0 Å². The van der Waals surface area contributed by atoms with Crippen LogP contribution in [0.2, 0.25) is 0 Å². The fourth-order valence-corrected chi connectivity index (χ4v) is 3.53. The van der Waals surface area contributed by atoms with Gasteiger partial charge in [0.1, 0.15) is 0 Å². The van der Waals surface area contributed by atoms with Crippen LogP contribution in [0.25, 0.3) is 0 Å². The van der Waals surface area contributed by atoms with Gasteiger partial charge in [-0.15, -0.1) is 5.10 Å². The van der Waals surface area contributed by atoms with Crippen molar-refractivity contribution < 1.29 is 4.79 Å². The maximum absolute atomic E-state index is 12.5. The molecule has 22 heavy (non-hydrogen) atoms. The molecule has 1 aromatic rings. The van der Waals surface area contributed by atoms with E-state index in [0.717, 1.165) is 39.1 Å². The molecule has 8 heteroatoms. The van der Waals surface area contributed by atoms with Gasteiger partial charge in [-0.05, 0) is 19.9 Å². The number of thioether (sulfide) groups is 1. The molecule has 0 aliphatic carbocycles. The first-order valence-electron chi connectivity index (χ1n) is 7.89. The Morgan fingerprint density at radius 1 is 1.32 bits per heavy atom. The third-order valence-corrected chi connectivity index (χ3v) is 5.01. The predicted octanol–water partition coefficient (Wildman–Crippen LogP) is 0.626. The van der Waals surface area contributed by atoms with Crippen LogP contribution in [0.15, 0.2) is 9.95 Å². The van der Waals surface area contributed by atoms with E-state index in [1.807, 2.05) is 18.7 Å². The van der Waals surface area contributed by atoms with Crippen LogP contribution in [0.4, 0.5) is 0 Å². The van der Waals surface area contributed by atoms with Crippen molar-refractivity contribution in [3.63, 3.8) is 0 Å². The average molecular weight is 327 g/mol. The molecule has 1 aliphatic rings. The predicted molar refractivity (Wildman–Crippen MR) is 87.2 cm³/mol. The minimum atomic E-state index is -0.237. The van der Waals surface area contributed by atoms with E-state index in [4.69, 9.17) is 0 Å². The zero-order valence-corrected chi connectivity index (χ0v) is 14.4. The van der Waals surface area contributed by atoms with Crippen molar-refractivity contribution in [1.82, 2.24) is 24.6 Å². The highest BCUT2D eigenvalue weighted by atomic mass is 32.2. The molecule has 0 bridgehead atoms. The second kappa shape index (κ2) is 7.82. The van der Waals surface area contributed by atoms with Gasteiger partial charge in [-0.1, -0.05) is 25.6 Å². The van der Waals surface area contributed by atoms with E-state index in [-0.39, 0.29) is 16.8 Å². The molecular weight excluding hydrogens is 302 g/mol. The van der Waals surface area contributed by atoms with E-state index < -0.39 is 0 Å². The number of aromatic amines is 1. The number of aromatic nitrogens is 3. The van der Waals surface area contributed by atoms with Gasteiger partial charge < -0.3 is 9.80 Å². The number of H-pyrrole nitrogens is 1. The van der Waals surface area contributed by atoms with Gasteiger partial charge in [0.25, 0.3) is 0 Å². The number of nitrogens with zero attached hydrogens (tertiary/aromatic N) is 4. The molecule has 0 spiro atoms. The Morgan fingerprint density at radius 2 is 2.00 bits per heavy atom. The van der Waals surface area contributed by atoms with Crippen molar-refractivity contribution in [2.24, 2.45) is 0 Å². The van der Waals surface area contributed by atoms with E-state index in [2.05, 4.69) is 22.0 Å². The second-order valence-corrected chi connectivity index (χ2v) is 6.79. The summed E-state index contributed by atoms with van der Waals surface area (Å²) in [5.41, 5.74) is -0.208. The third-order valence-electron chi connectivity index (χ3n) is 3.93. The van der Waals surface area contributed by atoms with E-state index in [9.17, 15) is 9.59 Å². The van der Waals surface area contributed by atoms with Crippen LogP contribution in [0.1, 0.15) is 27.2 Å². The lowest BCUT2D eigenvalue weighted by Crippen LogP contribution is -2.50. The monoisotopic (exact) mass is 327 g/mol. The Morgan fingerprint density at radius 3 is 2.59 bits per heavy atom. The number of carbonyl (C=O) groups is 1. The number of nitrogens with one attached hydrogen (secondary N) is 1. The molecule has 2 heterocycles. The molecule has 2 rings (SSSR count). The van der Waals surface area contributed by atoms with Crippen molar-refractivity contribution >= 4 is 17.7 Å². The minimum Gasteiger partial charge on any atom is -0.339 e. The zero-order chi connectivity index (χ0) is 16.1. The van der Waals surface area contributed by atoms with Crippen molar-refractivity contribution in [1.29, 1.82) is 0 Å². The van der Waals surface area contributed by atoms with Crippen molar-refractivity contribution in [2.45, 2.75) is 44.1 Å². The minimum absolute atomic E-state index is 0.124. The number of likely N-dealkylation sites (N-methyl/N-ethyl adjacent to an activating group) is 1. The van der Waals surface area contributed by atoms with Crippen LogP contribution in [-0.4, -0.2) is 68.4 Å². The summed E-state index contributed by atoms with van der Waals surface area (Å²) in [5, 5.41) is 6.86. The number of piperazine rings is 1. The second-order valence-electron chi connectivity index (χ2n) is 5.48. The first-order chi connectivity index (χ1) is 10.6. The fraction of sp³-hybridized carbons (Fsp3) is 0.786. The molecule has 0 saturated carbocycles. The highest BCUT2D eigenvalue weighted by molar-refractivity contribution is 8.00. The largest absolute Gasteiger partial charge is 0.343 e. The first-order valence-corrected chi connectivity index (χ1v) is 8.77. The lowest BCUT2D eigenvalue weighted by molar-refractivity contribution is -0.132. The third kappa shape index (κ3) is 3.92. The Bertz CT molecular complexity index is 548. The zero-order valence-electron chi connectivity index (χ0n) is 13.5. The van der Waals surface area contributed by atoms with Gasteiger partial charge in [0.2, 0.25) is 5.91 Å². The summed E-state index contributed by atoms with van der Waals surface area (Å²) in [6.45, 7) is 11.1. The Balaban J connectivity index is 1.96. The maximum Gasteiger partial charge on any atom is 0.343 e. The molecule has 7 nitrogen and oxygen atoms in total. The maximum atomic E-state index is 12.5. The van der Waals surface area contributed by atoms with E-state index in [1.54, 1.807) is 4.57 Å². The molecule has 0 unspecified atom stereocenters.